The summed E-state index contributed by atoms with van der Waals surface area (Å²) in [5.74, 6) is -2.94. The molecule has 5 heteroatoms. The smallest absolute Gasteiger partial charge is 0.205 e. The van der Waals surface area contributed by atoms with Crippen LogP contribution in [0.4, 0.5) is 8.78 Å². The average molecular weight is 348 g/mol. The van der Waals surface area contributed by atoms with Crippen molar-refractivity contribution in [1.29, 1.82) is 0 Å². The Morgan fingerprint density at radius 1 is 1.36 bits per heavy atom. The minimum atomic E-state index is -2.94. The lowest BCUT2D eigenvalue weighted by Gasteiger charge is -2.18. The highest BCUT2D eigenvalue weighted by Crippen LogP contribution is 2.40. The number of benzene rings is 1. The number of alkyl halides is 3. The predicted octanol–water partition coefficient (Wildman–Crippen LogP) is 5.15. The van der Waals surface area contributed by atoms with E-state index >= 15 is 0 Å². The molecule has 1 aromatic rings. The summed E-state index contributed by atoms with van der Waals surface area (Å²) in [6.45, 7) is 0.804. The van der Waals surface area contributed by atoms with Gasteiger partial charge < -0.3 is 0 Å². The van der Waals surface area contributed by atoms with Gasteiger partial charge in [0.1, 0.15) is 5.38 Å². The van der Waals surface area contributed by atoms with Crippen LogP contribution in [0.5, 0.6) is 0 Å². The molecule has 0 saturated carbocycles. The van der Waals surface area contributed by atoms with E-state index in [1.165, 1.54) is 0 Å². The Morgan fingerprint density at radius 2 is 1.93 bits per heavy atom. The SMILES string of the molecule is CC(F)(F)C(Cl)c1cc(Br)ccc1Br. The van der Waals surface area contributed by atoms with Gasteiger partial charge in [-0.25, -0.2) is 8.78 Å². The van der Waals surface area contributed by atoms with Crippen LogP contribution in [0, 0.1) is 0 Å². The molecule has 0 heterocycles. The van der Waals surface area contributed by atoms with Gasteiger partial charge in [-0.05, 0) is 23.8 Å². The highest BCUT2D eigenvalue weighted by molar-refractivity contribution is 9.11. The Balaban J connectivity index is 3.12. The maximum absolute atomic E-state index is 12.9. The van der Waals surface area contributed by atoms with Gasteiger partial charge in [0.05, 0.1) is 0 Å². The molecule has 0 aliphatic carbocycles. The standard InChI is InChI=1S/C9H7Br2ClF2/c1-9(13,14)8(12)6-4-5(10)2-3-7(6)11/h2-4,8H,1H3. The van der Waals surface area contributed by atoms with Crippen LogP contribution in [0.25, 0.3) is 0 Å². The number of hydrogen-bond acceptors (Lipinski definition) is 0. The average Bonchev–Trinajstić information content (AvgIpc) is 2.06. The van der Waals surface area contributed by atoms with Crippen molar-refractivity contribution in [2.75, 3.05) is 0 Å². The third-order valence-corrected chi connectivity index (χ3v) is 3.51. The first-order chi connectivity index (χ1) is 6.32. The number of hydrogen-bond donors (Lipinski definition) is 0. The molecule has 0 spiro atoms. The Morgan fingerprint density at radius 3 is 2.43 bits per heavy atom. The summed E-state index contributed by atoms with van der Waals surface area (Å²) >= 11 is 12.1. The van der Waals surface area contributed by atoms with E-state index in [9.17, 15) is 8.78 Å². The van der Waals surface area contributed by atoms with E-state index in [4.69, 9.17) is 11.6 Å². The van der Waals surface area contributed by atoms with E-state index in [0.29, 0.717) is 10.0 Å². The molecule has 0 radical (unpaired) electrons. The van der Waals surface area contributed by atoms with Crippen LogP contribution in [-0.2, 0) is 0 Å². The van der Waals surface area contributed by atoms with E-state index in [1.54, 1.807) is 18.2 Å². The monoisotopic (exact) mass is 346 g/mol. The summed E-state index contributed by atoms with van der Waals surface area (Å²) in [6, 6.07) is 5.02. The lowest BCUT2D eigenvalue weighted by atomic mass is 10.1. The zero-order chi connectivity index (χ0) is 10.9. The van der Waals surface area contributed by atoms with Gasteiger partial charge in [-0.3, -0.25) is 0 Å². The van der Waals surface area contributed by atoms with Gasteiger partial charge in [0, 0.05) is 15.9 Å². The molecule has 1 aromatic carbocycles. The minimum Gasteiger partial charge on any atom is -0.205 e. The Kier molecular flexibility index (Phi) is 3.95. The van der Waals surface area contributed by atoms with Gasteiger partial charge in [-0.1, -0.05) is 31.9 Å². The first-order valence-electron chi connectivity index (χ1n) is 3.79. The van der Waals surface area contributed by atoms with Gasteiger partial charge in [0.25, 0.3) is 5.92 Å². The number of halogens is 5. The summed E-state index contributed by atoms with van der Waals surface area (Å²) in [4.78, 5) is 0. The van der Waals surface area contributed by atoms with Crippen molar-refractivity contribution in [1.82, 2.24) is 0 Å². The fourth-order valence-electron chi connectivity index (χ4n) is 0.982. The van der Waals surface area contributed by atoms with Crippen molar-refractivity contribution >= 4 is 43.5 Å². The fraction of sp³-hybridized carbons (Fsp3) is 0.333. The number of rotatable bonds is 2. The van der Waals surface area contributed by atoms with E-state index in [-0.39, 0.29) is 0 Å². The molecule has 1 unspecified atom stereocenters. The van der Waals surface area contributed by atoms with Gasteiger partial charge >= 0.3 is 0 Å². The summed E-state index contributed by atoms with van der Waals surface area (Å²) in [5.41, 5.74) is 0.383. The minimum absolute atomic E-state index is 0.383. The molecule has 0 N–H and O–H groups in total. The second-order valence-electron chi connectivity index (χ2n) is 2.98. The van der Waals surface area contributed by atoms with Crippen LogP contribution in [0.3, 0.4) is 0 Å². The molecule has 0 nitrogen and oxygen atoms in total. The van der Waals surface area contributed by atoms with Crippen molar-refractivity contribution in [2.45, 2.75) is 18.2 Å². The Bertz CT molecular complexity index is 336. The molecule has 0 saturated heterocycles. The van der Waals surface area contributed by atoms with Crippen molar-refractivity contribution in [3.05, 3.63) is 32.7 Å². The normalized spacial score (nSPS) is 14.1. The van der Waals surface area contributed by atoms with Crippen molar-refractivity contribution in [2.24, 2.45) is 0 Å². The molecule has 0 bridgehead atoms. The maximum atomic E-state index is 12.9. The molecule has 0 fully saturated rings. The second-order valence-corrected chi connectivity index (χ2v) is 5.19. The maximum Gasteiger partial charge on any atom is 0.265 e. The zero-order valence-electron chi connectivity index (χ0n) is 7.20. The summed E-state index contributed by atoms with van der Waals surface area (Å²) in [6.07, 6.45) is 0. The van der Waals surface area contributed by atoms with Gasteiger partial charge in [0.15, 0.2) is 0 Å². The molecule has 14 heavy (non-hydrogen) atoms. The molecule has 0 amide bonds. The van der Waals surface area contributed by atoms with Crippen LogP contribution in [-0.4, -0.2) is 5.92 Å². The van der Waals surface area contributed by atoms with E-state index in [2.05, 4.69) is 31.9 Å². The highest BCUT2D eigenvalue weighted by Gasteiger charge is 2.34. The third-order valence-electron chi connectivity index (χ3n) is 1.68. The Hall–Kier alpha value is 0.330. The second kappa shape index (κ2) is 4.45. The largest absolute Gasteiger partial charge is 0.265 e. The highest BCUT2D eigenvalue weighted by atomic mass is 79.9. The van der Waals surface area contributed by atoms with Crippen molar-refractivity contribution in [3.8, 4) is 0 Å². The summed E-state index contributed by atoms with van der Waals surface area (Å²) in [5, 5.41) is -1.32. The third kappa shape index (κ3) is 2.91. The molecule has 78 valence electrons. The molecule has 1 rings (SSSR count). The van der Waals surface area contributed by atoms with Gasteiger partial charge in [0.2, 0.25) is 0 Å². The zero-order valence-corrected chi connectivity index (χ0v) is 11.1. The summed E-state index contributed by atoms with van der Waals surface area (Å²) < 4.78 is 27.2. The molecular weight excluding hydrogens is 341 g/mol. The van der Waals surface area contributed by atoms with Crippen LogP contribution in [0.1, 0.15) is 17.9 Å². The quantitative estimate of drug-likeness (QED) is 0.649. The van der Waals surface area contributed by atoms with Crippen LogP contribution < -0.4 is 0 Å². The molecular formula is C9H7Br2ClF2. The fourth-order valence-corrected chi connectivity index (χ4v) is 2.15. The lowest BCUT2D eigenvalue weighted by molar-refractivity contribution is 0.0167. The van der Waals surface area contributed by atoms with Crippen LogP contribution in [0.2, 0.25) is 0 Å². The first kappa shape index (κ1) is 12.4. The van der Waals surface area contributed by atoms with Gasteiger partial charge in [-0.2, -0.15) is 0 Å². The van der Waals surface area contributed by atoms with E-state index in [0.717, 1.165) is 11.4 Å². The molecule has 0 aromatic heterocycles. The molecule has 0 aliphatic heterocycles. The van der Waals surface area contributed by atoms with Crippen molar-refractivity contribution < 1.29 is 8.78 Å². The van der Waals surface area contributed by atoms with E-state index in [1.807, 2.05) is 0 Å². The molecule has 1 atom stereocenters. The van der Waals surface area contributed by atoms with Crippen molar-refractivity contribution in [3.63, 3.8) is 0 Å². The predicted molar refractivity (Wildman–Crippen MR) is 61.1 cm³/mol. The van der Waals surface area contributed by atoms with E-state index < -0.39 is 11.3 Å². The van der Waals surface area contributed by atoms with Crippen LogP contribution >= 0.6 is 43.5 Å². The van der Waals surface area contributed by atoms with Crippen LogP contribution in [0.15, 0.2) is 27.1 Å². The topological polar surface area (TPSA) is 0 Å². The molecule has 0 aliphatic rings. The lowest BCUT2D eigenvalue weighted by Crippen LogP contribution is -2.17. The summed E-state index contributed by atoms with van der Waals surface area (Å²) in [7, 11) is 0. The first-order valence-corrected chi connectivity index (χ1v) is 5.81. The van der Waals surface area contributed by atoms with Gasteiger partial charge in [-0.15, -0.1) is 11.6 Å². The Labute approximate surface area is 103 Å².